The lowest BCUT2D eigenvalue weighted by Crippen LogP contribution is -2.37. The van der Waals surface area contributed by atoms with E-state index in [4.69, 9.17) is 102 Å². The molecule has 0 N–H and O–H groups in total. The first-order valence-electron chi connectivity index (χ1n) is 31.1. The molecular formula is C80H64Cl8N8O2. The molecule has 0 spiro atoms. The van der Waals surface area contributed by atoms with Gasteiger partial charge in [0, 0.05) is 106 Å². The van der Waals surface area contributed by atoms with E-state index in [-0.39, 0.29) is 18.2 Å². The Balaban J connectivity index is 0.000000132. The zero-order valence-corrected chi connectivity index (χ0v) is 58.6. The van der Waals surface area contributed by atoms with Crippen molar-refractivity contribution in [1.29, 1.82) is 0 Å². The third kappa shape index (κ3) is 18.5. The van der Waals surface area contributed by atoms with Gasteiger partial charge in [0.25, 0.3) is 0 Å². The maximum absolute atomic E-state index is 6.69. The van der Waals surface area contributed by atoms with Crippen molar-refractivity contribution in [3.63, 3.8) is 0 Å². The number of imidazole rings is 4. The van der Waals surface area contributed by atoms with Crippen molar-refractivity contribution in [2.45, 2.75) is 50.1 Å². The minimum absolute atomic E-state index is 0.138. The van der Waals surface area contributed by atoms with Crippen LogP contribution < -0.4 is 0 Å². The van der Waals surface area contributed by atoms with Gasteiger partial charge in [-0.3, -0.25) is 0 Å². The Hall–Kier alpha value is -8.72. The summed E-state index contributed by atoms with van der Waals surface area (Å²) in [6, 6.07) is 82.5. The fourth-order valence-corrected chi connectivity index (χ4v) is 13.3. The Labute approximate surface area is 610 Å². The SMILES string of the molecule is Clc1ccc(COC(Cn2ccnc2)c2ccc(Cl)cc2Cl)c(Cl)c1.Clc1ccc(COC(Cn2ccnc2)c2ccc(Cl)cc2Cl)cc1.Clc1ccccc1C(c1ccccc1)(c1ccccc1)n1ccnc1.c1ccc(-c2ccc(C(c3ccccc3)n3ccnc3)cc2)cc1. The van der Waals surface area contributed by atoms with Crippen LogP contribution in [0.5, 0.6) is 0 Å². The number of aromatic nitrogens is 8. The summed E-state index contributed by atoms with van der Waals surface area (Å²) < 4.78 is 20.4. The molecule has 0 saturated carbocycles. The number of rotatable bonds is 20. The van der Waals surface area contributed by atoms with E-state index in [0.717, 1.165) is 44.0 Å². The maximum atomic E-state index is 6.69. The van der Waals surface area contributed by atoms with Crippen LogP contribution in [-0.2, 0) is 41.3 Å². The molecule has 0 radical (unpaired) electrons. The molecule has 0 aliphatic rings. The lowest BCUT2D eigenvalue weighted by molar-refractivity contribution is 0.0280. The van der Waals surface area contributed by atoms with E-state index in [0.29, 0.717) is 61.5 Å². The summed E-state index contributed by atoms with van der Waals surface area (Å²) in [5, 5.41) is 4.90. The largest absolute Gasteiger partial charge is 0.367 e. The van der Waals surface area contributed by atoms with E-state index in [2.05, 4.69) is 156 Å². The second-order valence-electron chi connectivity index (χ2n) is 22.5. The molecule has 18 heteroatoms. The van der Waals surface area contributed by atoms with Crippen LogP contribution >= 0.6 is 92.8 Å². The molecule has 0 fully saturated rings. The number of nitrogens with zero attached hydrogens (tertiary/aromatic N) is 8. The molecule has 14 rings (SSSR count). The van der Waals surface area contributed by atoms with E-state index in [1.807, 2.05) is 144 Å². The highest BCUT2D eigenvalue weighted by Crippen LogP contribution is 2.44. The lowest BCUT2D eigenvalue weighted by atomic mass is 9.76. The molecule has 0 aliphatic carbocycles. The zero-order valence-electron chi connectivity index (χ0n) is 52.6. The molecule has 3 atom stereocenters. The van der Waals surface area contributed by atoms with Gasteiger partial charge in [0.1, 0.15) is 17.7 Å². The van der Waals surface area contributed by atoms with Crippen molar-refractivity contribution in [3.8, 4) is 11.1 Å². The number of hydrogen-bond acceptors (Lipinski definition) is 6. The summed E-state index contributed by atoms with van der Waals surface area (Å²) in [7, 11) is 0. The minimum Gasteiger partial charge on any atom is -0.367 e. The van der Waals surface area contributed by atoms with E-state index < -0.39 is 5.54 Å². The number of ether oxygens (including phenoxy) is 2. The van der Waals surface area contributed by atoms with Crippen molar-refractivity contribution in [2.24, 2.45) is 0 Å². The molecule has 0 amide bonds. The molecule has 0 aliphatic heterocycles. The second kappa shape index (κ2) is 35.2. The Kier molecular flexibility index (Phi) is 25.3. The zero-order chi connectivity index (χ0) is 68.1. The van der Waals surface area contributed by atoms with E-state index in [9.17, 15) is 0 Å². The predicted molar refractivity (Wildman–Crippen MR) is 400 cm³/mol. The molecule has 4 heterocycles. The molecule has 0 saturated heterocycles. The Morgan fingerprint density at radius 3 is 1.31 bits per heavy atom. The molecule has 0 bridgehead atoms. The van der Waals surface area contributed by atoms with Crippen LogP contribution in [0.2, 0.25) is 40.2 Å². The van der Waals surface area contributed by atoms with Gasteiger partial charge >= 0.3 is 0 Å². The van der Waals surface area contributed by atoms with E-state index >= 15 is 0 Å². The van der Waals surface area contributed by atoms with Crippen LogP contribution in [0.15, 0.2) is 324 Å². The molecule has 3 unspecified atom stereocenters. The van der Waals surface area contributed by atoms with Crippen molar-refractivity contribution >= 4 is 92.8 Å². The molecule has 492 valence electrons. The molecule has 10 nitrogen and oxygen atoms in total. The summed E-state index contributed by atoms with van der Waals surface area (Å²) in [6.45, 7) is 1.95. The molecule has 10 aromatic carbocycles. The van der Waals surface area contributed by atoms with Crippen LogP contribution in [0.25, 0.3) is 11.1 Å². The topological polar surface area (TPSA) is 89.7 Å². The Bertz CT molecular complexity index is 4630. The van der Waals surface area contributed by atoms with Crippen LogP contribution in [0.4, 0.5) is 0 Å². The molecule has 98 heavy (non-hydrogen) atoms. The van der Waals surface area contributed by atoms with E-state index in [1.165, 1.54) is 22.3 Å². The van der Waals surface area contributed by atoms with Crippen LogP contribution in [0, 0.1) is 0 Å². The second-order valence-corrected chi connectivity index (χ2v) is 25.9. The summed E-state index contributed by atoms with van der Waals surface area (Å²) in [5.74, 6) is 0. The molecule has 4 aromatic heterocycles. The maximum Gasteiger partial charge on any atom is 0.123 e. The van der Waals surface area contributed by atoms with Crippen LogP contribution in [0.1, 0.15) is 68.3 Å². The lowest BCUT2D eigenvalue weighted by Gasteiger charge is -2.37. The quantitative estimate of drug-likeness (QED) is 0.0706. The van der Waals surface area contributed by atoms with Gasteiger partial charge in [0.2, 0.25) is 0 Å². The van der Waals surface area contributed by atoms with Gasteiger partial charge in [-0.25, -0.2) is 19.9 Å². The Morgan fingerprint density at radius 2 is 0.806 bits per heavy atom. The summed E-state index contributed by atoms with van der Waals surface area (Å²) in [4.78, 5) is 16.7. The van der Waals surface area contributed by atoms with Crippen molar-refractivity contribution in [1.82, 2.24) is 38.2 Å². The average Bonchev–Trinajstić information content (AvgIpc) is 1.13. The number of hydrogen-bond donors (Lipinski definition) is 0. The van der Waals surface area contributed by atoms with Crippen molar-refractivity contribution in [3.05, 3.63) is 414 Å². The fraction of sp³-hybridized carbons (Fsp3) is 0.100. The average molecular weight is 1450 g/mol. The highest BCUT2D eigenvalue weighted by atomic mass is 35.5. The molecular weight excluding hydrogens is 1390 g/mol. The Morgan fingerprint density at radius 1 is 0.357 bits per heavy atom. The first-order valence-corrected chi connectivity index (χ1v) is 34.2. The molecule has 14 aromatic rings. The van der Waals surface area contributed by atoms with Gasteiger partial charge < -0.3 is 27.7 Å². The van der Waals surface area contributed by atoms with Crippen molar-refractivity contribution in [2.75, 3.05) is 0 Å². The normalized spacial score (nSPS) is 12.0. The standard InChI is InChI=1S/C22H17ClN2.C22H18N2.C18H14Cl4N2O.C18H15Cl3N2O/c23-21-14-8-7-13-20(21)22(25-16-15-24-17-25,18-9-3-1-4-10-18)19-11-5-2-6-12-19;1-3-7-18(8-4-1)19-11-13-21(14-12-19)22(24-16-15-23-17-24)20-9-5-2-6-10-20;19-13-2-1-12(16(21)7-13)10-25-18(9-24-6-5-23-11-24)15-4-3-14(20)8-17(15)22;19-14-3-1-13(2-4-14)11-24-18(10-23-8-7-22-12-23)16-6-5-15(20)9-17(16)21/h1-17H;1-17,22H;1-8,11,18H,9-10H2;1-9,12,18H,10-11H2. The first kappa shape index (κ1) is 70.6. The minimum atomic E-state index is -0.586. The fourth-order valence-electron chi connectivity index (χ4n) is 11.4. The van der Waals surface area contributed by atoms with E-state index in [1.54, 1.807) is 61.6 Å². The monoisotopic (exact) mass is 1450 g/mol. The van der Waals surface area contributed by atoms with Crippen molar-refractivity contribution < 1.29 is 9.47 Å². The summed E-state index contributed by atoms with van der Waals surface area (Å²) >= 11 is 49.5. The summed E-state index contributed by atoms with van der Waals surface area (Å²) in [6.07, 6.45) is 21.6. The first-order chi connectivity index (χ1) is 47.9. The smallest absolute Gasteiger partial charge is 0.123 e. The third-order valence-corrected chi connectivity index (χ3v) is 18.4. The van der Waals surface area contributed by atoms with Crippen LogP contribution in [-0.4, -0.2) is 38.2 Å². The number of benzene rings is 10. The highest BCUT2D eigenvalue weighted by Gasteiger charge is 2.39. The number of halogens is 8. The van der Waals surface area contributed by atoms with Gasteiger partial charge in [-0.2, -0.15) is 0 Å². The summed E-state index contributed by atoms with van der Waals surface area (Å²) in [5.41, 5.74) is 11.3. The van der Waals surface area contributed by atoms with Gasteiger partial charge in [-0.15, -0.1) is 0 Å². The highest BCUT2D eigenvalue weighted by molar-refractivity contribution is 6.36. The van der Waals surface area contributed by atoms with Gasteiger partial charge in [0.05, 0.1) is 57.7 Å². The third-order valence-electron chi connectivity index (χ3n) is 16.1. The van der Waals surface area contributed by atoms with Crippen LogP contribution in [0.3, 0.4) is 0 Å². The van der Waals surface area contributed by atoms with Gasteiger partial charge in [0.15, 0.2) is 0 Å². The van der Waals surface area contributed by atoms with Gasteiger partial charge in [-0.05, 0) is 99.1 Å². The predicted octanol–water partition coefficient (Wildman–Crippen LogP) is 22.8. The van der Waals surface area contributed by atoms with Gasteiger partial charge in [-0.1, -0.05) is 287 Å².